The molecule has 1 aromatic carbocycles. The van der Waals surface area contributed by atoms with E-state index in [1.165, 1.54) is 16.8 Å². The van der Waals surface area contributed by atoms with Crippen molar-refractivity contribution in [3.8, 4) is 5.69 Å². The number of urea groups is 1. The molecule has 2 N–H and O–H groups in total. The van der Waals surface area contributed by atoms with Crippen LogP contribution in [0.5, 0.6) is 0 Å². The topological polar surface area (TPSA) is 96.3 Å². The molecule has 1 saturated carbocycles. The molecule has 164 valence electrons. The molecule has 2 heterocycles. The average Bonchev–Trinajstić information content (AvgIpc) is 3.38. The monoisotopic (exact) mass is 427 g/mol. The summed E-state index contributed by atoms with van der Waals surface area (Å²) in [5.74, 6) is -0.851. The van der Waals surface area contributed by atoms with Gasteiger partial charge in [-0.05, 0) is 37.1 Å². The van der Waals surface area contributed by atoms with Crippen molar-refractivity contribution < 1.29 is 18.8 Å². The number of hydrogen-bond acceptors (Lipinski definition) is 4. The summed E-state index contributed by atoms with van der Waals surface area (Å²) >= 11 is 0. The molecule has 1 aliphatic carbocycles. The normalized spacial score (nSPS) is 18.0. The standard InChI is InChI=1S/C22H26FN5O3/c1-21(2,3)16-12-17(28(26-16)15-8-6-14(23)7-9-15)24-18(29)13-27-19(30)22(25-20(27)31)10-4-5-11-22/h6-9,12H,4-5,10-11,13H2,1-3H3,(H,24,29)(H,25,31). The highest BCUT2D eigenvalue weighted by atomic mass is 19.1. The van der Waals surface area contributed by atoms with Gasteiger partial charge >= 0.3 is 6.03 Å². The first-order valence-corrected chi connectivity index (χ1v) is 10.4. The number of rotatable bonds is 4. The quantitative estimate of drug-likeness (QED) is 0.733. The van der Waals surface area contributed by atoms with Crippen LogP contribution in [0.4, 0.5) is 15.0 Å². The van der Waals surface area contributed by atoms with Crippen LogP contribution in [0.15, 0.2) is 30.3 Å². The molecule has 0 unspecified atom stereocenters. The number of halogens is 1. The van der Waals surface area contributed by atoms with Gasteiger partial charge in [-0.2, -0.15) is 5.10 Å². The number of imide groups is 1. The Morgan fingerprint density at radius 3 is 2.45 bits per heavy atom. The summed E-state index contributed by atoms with van der Waals surface area (Å²) in [6, 6.07) is 6.95. The lowest BCUT2D eigenvalue weighted by Gasteiger charge is -2.19. The Kier molecular flexibility index (Phi) is 5.07. The van der Waals surface area contributed by atoms with Crippen LogP contribution in [0.3, 0.4) is 0 Å². The third-order valence-corrected chi connectivity index (χ3v) is 5.82. The highest BCUT2D eigenvalue weighted by molar-refractivity contribution is 6.10. The van der Waals surface area contributed by atoms with E-state index >= 15 is 0 Å². The van der Waals surface area contributed by atoms with Gasteiger partial charge in [0.25, 0.3) is 5.91 Å². The first kappa shape index (κ1) is 21.0. The fraction of sp³-hybridized carbons (Fsp3) is 0.455. The average molecular weight is 427 g/mol. The number of carbonyl (C=O) groups is 3. The zero-order valence-corrected chi connectivity index (χ0v) is 17.9. The van der Waals surface area contributed by atoms with Gasteiger partial charge in [-0.3, -0.25) is 14.5 Å². The molecular formula is C22H26FN5O3. The fourth-order valence-electron chi connectivity index (χ4n) is 4.08. The summed E-state index contributed by atoms with van der Waals surface area (Å²) in [5, 5.41) is 10.1. The first-order chi connectivity index (χ1) is 14.6. The second kappa shape index (κ2) is 7.47. The van der Waals surface area contributed by atoms with Crippen LogP contribution in [-0.2, 0) is 15.0 Å². The third-order valence-electron chi connectivity index (χ3n) is 5.82. The maximum atomic E-state index is 13.4. The van der Waals surface area contributed by atoms with E-state index in [1.54, 1.807) is 18.2 Å². The lowest BCUT2D eigenvalue weighted by molar-refractivity contribution is -0.133. The van der Waals surface area contributed by atoms with Crippen molar-refractivity contribution in [2.45, 2.75) is 57.4 Å². The van der Waals surface area contributed by atoms with Crippen LogP contribution in [0.25, 0.3) is 5.69 Å². The number of carbonyl (C=O) groups excluding carboxylic acids is 3. The smallest absolute Gasteiger partial charge is 0.323 e. The van der Waals surface area contributed by atoms with Gasteiger partial charge in [-0.15, -0.1) is 0 Å². The zero-order valence-electron chi connectivity index (χ0n) is 17.9. The minimum atomic E-state index is -0.855. The molecule has 1 saturated heterocycles. The fourth-order valence-corrected chi connectivity index (χ4v) is 4.08. The molecule has 1 aliphatic heterocycles. The number of anilines is 1. The van der Waals surface area contributed by atoms with Crippen molar-refractivity contribution in [3.63, 3.8) is 0 Å². The second-order valence-corrected chi connectivity index (χ2v) is 9.21. The zero-order chi connectivity index (χ0) is 22.4. The molecule has 1 spiro atoms. The van der Waals surface area contributed by atoms with Crippen LogP contribution in [0.1, 0.15) is 52.1 Å². The van der Waals surface area contributed by atoms with Crippen molar-refractivity contribution in [3.05, 3.63) is 41.8 Å². The van der Waals surface area contributed by atoms with Gasteiger partial charge in [-0.1, -0.05) is 33.6 Å². The van der Waals surface area contributed by atoms with Crippen LogP contribution < -0.4 is 10.6 Å². The minimum Gasteiger partial charge on any atom is -0.323 e. The molecule has 2 fully saturated rings. The van der Waals surface area contributed by atoms with Crippen molar-refractivity contribution >= 4 is 23.7 Å². The molecule has 0 bridgehead atoms. The van der Waals surface area contributed by atoms with Crippen LogP contribution in [0.2, 0.25) is 0 Å². The summed E-state index contributed by atoms with van der Waals surface area (Å²) in [5.41, 5.74) is 0.163. The van der Waals surface area contributed by atoms with Gasteiger partial charge in [0.1, 0.15) is 23.7 Å². The highest BCUT2D eigenvalue weighted by Crippen LogP contribution is 2.35. The van der Waals surface area contributed by atoms with E-state index < -0.39 is 17.5 Å². The molecule has 4 amide bonds. The van der Waals surface area contributed by atoms with E-state index in [4.69, 9.17) is 0 Å². The lowest BCUT2D eigenvalue weighted by atomic mass is 9.92. The molecule has 4 rings (SSSR count). The SMILES string of the molecule is CC(C)(C)c1cc(NC(=O)CN2C(=O)NC3(CCCC3)C2=O)n(-c2ccc(F)cc2)n1. The number of nitrogens with zero attached hydrogens (tertiary/aromatic N) is 3. The van der Waals surface area contributed by atoms with Crippen molar-refractivity contribution in [1.29, 1.82) is 0 Å². The van der Waals surface area contributed by atoms with Gasteiger partial charge in [0, 0.05) is 11.5 Å². The maximum absolute atomic E-state index is 13.4. The van der Waals surface area contributed by atoms with Gasteiger partial charge in [0.15, 0.2) is 0 Å². The number of amides is 4. The Labute approximate surface area is 179 Å². The van der Waals surface area contributed by atoms with Gasteiger partial charge in [0.2, 0.25) is 5.91 Å². The van der Waals surface area contributed by atoms with Crippen LogP contribution >= 0.6 is 0 Å². The molecule has 2 aliphatic rings. The molecule has 0 atom stereocenters. The minimum absolute atomic E-state index is 0.287. The lowest BCUT2D eigenvalue weighted by Crippen LogP contribution is -2.44. The molecule has 8 nitrogen and oxygen atoms in total. The molecular weight excluding hydrogens is 401 g/mol. The molecule has 0 radical (unpaired) electrons. The molecule has 31 heavy (non-hydrogen) atoms. The van der Waals surface area contributed by atoms with Gasteiger partial charge in [-0.25, -0.2) is 13.9 Å². The molecule has 1 aromatic heterocycles. The van der Waals surface area contributed by atoms with E-state index in [2.05, 4.69) is 15.7 Å². The number of aromatic nitrogens is 2. The maximum Gasteiger partial charge on any atom is 0.325 e. The van der Waals surface area contributed by atoms with Crippen molar-refractivity contribution in [1.82, 2.24) is 20.0 Å². The predicted octanol–water partition coefficient (Wildman–Crippen LogP) is 3.11. The second-order valence-electron chi connectivity index (χ2n) is 9.21. The first-order valence-electron chi connectivity index (χ1n) is 10.4. The summed E-state index contributed by atoms with van der Waals surface area (Å²) in [4.78, 5) is 38.9. The van der Waals surface area contributed by atoms with Gasteiger partial charge in [0.05, 0.1) is 11.4 Å². The largest absolute Gasteiger partial charge is 0.325 e. The summed E-state index contributed by atoms with van der Waals surface area (Å²) < 4.78 is 14.9. The number of hydrogen-bond donors (Lipinski definition) is 2. The summed E-state index contributed by atoms with van der Waals surface area (Å²) in [6.45, 7) is 5.59. The Morgan fingerprint density at radius 1 is 1.19 bits per heavy atom. The highest BCUT2D eigenvalue weighted by Gasteiger charge is 2.52. The molecule has 9 heteroatoms. The Balaban J connectivity index is 1.56. The van der Waals surface area contributed by atoms with E-state index in [-0.39, 0.29) is 23.7 Å². The summed E-state index contributed by atoms with van der Waals surface area (Å²) in [6.07, 6.45) is 2.95. The van der Waals surface area contributed by atoms with E-state index in [9.17, 15) is 18.8 Å². The Hall–Kier alpha value is -3.23. The predicted molar refractivity (Wildman–Crippen MR) is 112 cm³/mol. The molecule has 2 aromatic rings. The summed E-state index contributed by atoms with van der Waals surface area (Å²) in [7, 11) is 0. The van der Waals surface area contributed by atoms with Gasteiger partial charge < -0.3 is 10.6 Å². The van der Waals surface area contributed by atoms with Crippen molar-refractivity contribution in [2.75, 3.05) is 11.9 Å². The van der Waals surface area contributed by atoms with Crippen LogP contribution in [-0.4, -0.2) is 44.6 Å². The van der Waals surface area contributed by atoms with E-state index in [0.717, 1.165) is 23.4 Å². The third kappa shape index (κ3) is 3.92. The number of nitrogens with one attached hydrogen (secondary N) is 2. The van der Waals surface area contributed by atoms with Crippen LogP contribution in [0, 0.1) is 5.82 Å². The van der Waals surface area contributed by atoms with E-state index in [1.807, 2.05) is 20.8 Å². The van der Waals surface area contributed by atoms with E-state index in [0.29, 0.717) is 24.3 Å². The number of benzene rings is 1. The Bertz CT molecular complexity index is 1030. The van der Waals surface area contributed by atoms with Crippen molar-refractivity contribution in [2.24, 2.45) is 0 Å². The Morgan fingerprint density at radius 2 is 1.84 bits per heavy atom.